The average Bonchev–Trinajstić information content (AvgIpc) is 3.90. The van der Waals surface area contributed by atoms with E-state index >= 15 is 0 Å². The highest BCUT2D eigenvalue weighted by atomic mass is 16.6. The third kappa shape index (κ3) is 9.21. The molecule has 0 aliphatic carbocycles. The standard InChI is InChI=1S/C38H42O5/c1-7-34(39-23-38-24-41-38)19-33-21-36(14-10-27(33)4)43-29(6)17-32-20-35(13-9-26(32)3)42-28(5)16-31-18-30(11-8-25(31)2)12-15-37-22-40-37/h7-11,13-14,16-21,37-38H,1,12,15,22-24H2,2-6H3/b28-16+,29-17+,34-19+. The van der Waals surface area contributed by atoms with Crippen molar-refractivity contribution >= 4 is 18.2 Å². The van der Waals surface area contributed by atoms with Crippen molar-refractivity contribution in [2.24, 2.45) is 0 Å². The summed E-state index contributed by atoms with van der Waals surface area (Å²) in [6.45, 7) is 16.3. The van der Waals surface area contributed by atoms with Crippen LogP contribution in [0.15, 0.2) is 84.5 Å². The third-order valence-electron chi connectivity index (χ3n) is 7.61. The highest BCUT2D eigenvalue weighted by Gasteiger charge is 2.23. The van der Waals surface area contributed by atoms with Crippen LogP contribution in [0.4, 0.5) is 0 Å². The van der Waals surface area contributed by atoms with Gasteiger partial charge >= 0.3 is 0 Å². The summed E-state index contributed by atoms with van der Waals surface area (Å²) in [7, 11) is 0. The summed E-state index contributed by atoms with van der Waals surface area (Å²) in [5, 5.41) is 0. The van der Waals surface area contributed by atoms with E-state index in [1.807, 2.05) is 50.3 Å². The van der Waals surface area contributed by atoms with E-state index in [2.05, 4.69) is 63.8 Å². The Labute approximate surface area is 256 Å². The van der Waals surface area contributed by atoms with E-state index in [1.165, 1.54) is 16.7 Å². The molecule has 5 nitrogen and oxygen atoms in total. The van der Waals surface area contributed by atoms with Crippen LogP contribution < -0.4 is 9.47 Å². The van der Waals surface area contributed by atoms with Crippen molar-refractivity contribution in [3.63, 3.8) is 0 Å². The molecule has 5 rings (SSSR count). The smallest absolute Gasteiger partial charge is 0.127 e. The molecule has 2 heterocycles. The molecule has 2 aliphatic rings. The zero-order chi connectivity index (χ0) is 30.3. The minimum atomic E-state index is 0.193. The van der Waals surface area contributed by atoms with E-state index in [9.17, 15) is 0 Å². The van der Waals surface area contributed by atoms with Crippen LogP contribution in [0.1, 0.15) is 59.2 Å². The van der Waals surface area contributed by atoms with Gasteiger partial charge in [0.1, 0.15) is 41.5 Å². The van der Waals surface area contributed by atoms with Crippen molar-refractivity contribution < 1.29 is 23.7 Å². The van der Waals surface area contributed by atoms with Gasteiger partial charge in [-0.2, -0.15) is 0 Å². The number of rotatable bonds is 14. The van der Waals surface area contributed by atoms with Crippen LogP contribution >= 0.6 is 0 Å². The SMILES string of the molecule is C=C/C(=C\c1cc(O/C(C)=C/c2cc(O/C(C)=C/c3cc(CCC4CO4)ccc3C)ccc2C)ccc1C)OCC1CO1. The zero-order valence-electron chi connectivity index (χ0n) is 25.9. The lowest BCUT2D eigenvalue weighted by Crippen LogP contribution is -2.00. The molecule has 3 aromatic carbocycles. The van der Waals surface area contributed by atoms with E-state index < -0.39 is 0 Å². The summed E-state index contributed by atoms with van der Waals surface area (Å²) in [6.07, 6.45) is 10.6. The Bertz CT molecular complexity index is 1550. The van der Waals surface area contributed by atoms with Crippen molar-refractivity contribution in [2.45, 2.75) is 59.7 Å². The van der Waals surface area contributed by atoms with Gasteiger partial charge in [-0.3, -0.25) is 0 Å². The minimum Gasteiger partial charge on any atom is -0.491 e. The normalized spacial score (nSPS) is 18.3. The Kier molecular flexibility index (Phi) is 9.86. The monoisotopic (exact) mass is 578 g/mol. The molecule has 5 heteroatoms. The molecule has 2 atom stereocenters. The quantitative estimate of drug-likeness (QED) is 0.109. The van der Waals surface area contributed by atoms with Gasteiger partial charge in [0.2, 0.25) is 0 Å². The van der Waals surface area contributed by atoms with E-state index in [1.54, 1.807) is 6.08 Å². The molecular weight excluding hydrogens is 536 g/mol. The number of ether oxygens (including phenoxy) is 5. The fourth-order valence-electron chi connectivity index (χ4n) is 4.77. The van der Waals surface area contributed by atoms with Gasteiger partial charge in [0.05, 0.1) is 19.3 Å². The van der Waals surface area contributed by atoms with Gasteiger partial charge in [-0.25, -0.2) is 0 Å². The lowest BCUT2D eigenvalue weighted by molar-refractivity contribution is 0.195. The Morgan fingerprint density at radius 1 is 0.744 bits per heavy atom. The summed E-state index contributed by atoms with van der Waals surface area (Å²) in [5.41, 5.74) is 8.06. The van der Waals surface area contributed by atoms with Gasteiger partial charge in [0.15, 0.2) is 0 Å². The predicted molar refractivity (Wildman–Crippen MR) is 174 cm³/mol. The maximum absolute atomic E-state index is 6.27. The number of hydrogen-bond acceptors (Lipinski definition) is 5. The van der Waals surface area contributed by atoms with Gasteiger partial charge in [0.25, 0.3) is 0 Å². The Morgan fingerprint density at radius 3 is 1.79 bits per heavy atom. The third-order valence-corrected chi connectivity index (χ3v) is 7.61. The summed E-state index contributed by atoms with van der Waals surface area (Å²) in [5.74, 6) is 3.87. The summed E-state index contributed by atoms with van der Waals surface area (Å²) in [6, 6.07) is 18.8. The second kappa shape index (κ2) is 13.9. The molecule has 0 aromatic heterocycles. The molecule has 0 amide bonds. The number of epoxide rings is 2. The first kappa shape index (κ1) is 30.4. The Balaban J connectivity index is 1.26. The van der Waals surface area contributed by atoms with Crippen molar-refractivity contribution in [1.29, 1.82) is 0 Å². The van der Waals surface area contributed by atoms with Crippen LogP contribution in [0.2, 0.25) is 0 Å². The number of benzene rings is 3. The van der Waals surface area contributed by atoms with Gasteiger partial charge in [-0.05, 0) is 135 Å². The molecule has 0 N–H and O–H groups in total. The van der Waals surface area contributed by atoms with E-state index in [-0.39, 0.29) is 6.10 Å². The van der Waals surface area contributed by atoms with Gasteiger partial charge < -0.3 is 23.7 Å². The van der Waals surface area contributed by atoms with Crippen LogP contribution in [0.3, 0.4) is 0 Å². The highest BCUT2D eigenvalue weighted by Crippen LogP contribution is 2.27. The first-order valence-corrected chi connectivity index (χ1v) is 15.0. The van der Waals surface area contributed by atoms with E-state index in [0.717, 1.165) is 71.3 Å². The lowest BCUT2D eigenvalue weighted by Gasteiger charge is -2.12. The summed E-state index contributed by atoms with van der Waals surface area (Å²) in [4.78, 5) is 0. The first-order valence-electron chi connectivity index (χ1n) is 15.0. The molecule has 2 aliphatic heterocycles. The second-order valence-corrected chi connectivity index (χ2v) is 11.5. The minimum absolute atomic E-state index is 0.193. The molecule has 3 aromatic rings. The van der Waals surface area contributed by atoms with Crippen LogP contribution in [-0.2, 0) is 20.6 Å². The molecule has 2 fully saturated rings. The molecule has 2 saturated heterocycles. The fourth-order valence-corrected chi connectivity index (χ4v) is 4.77. The molecule has 43 heavy (non-hydrogen) atoms. The molecular formula is C38H42O5. The van der Waals surface area contributed by atoms with Gasteiger partial charge in [0, 0.05) is 0 Å². The van der Waals surface area contributed by atoms with Crippen LogP contribution in [-0.4, -0.2) is 32.0 Å². The number of allylic oxidation sites excluding steroid dienone is 3. The second-order valence-electron chi connectivity index (χ2n) is 11.5. The first-order chi connectivity index (χ1) is 20.7. The number of hydrogen-bond donors (Lipinski definition) is 0. The number of aryl methyl sites for hydroxylation is 4. The van der Waals surface area contributed by atoms with Crippen molar-refractivity contribution in [1.82, 2.24) is 0 Å². The fraction of sp³-hybridized carbons (Fsp3) is 0.316. The maximum atomic E-state index is 6.27. The molecule has 0 radical (unpaired) electrons. The largest absolute Gasteiger partial charge is 0.491 e. The highest BCUT2D eigenvalue weighted by molar-refractivity contribution is 5.61. The molecule has 2 unspecified atom stereocenters. The molecule has 0 saturated carbocycles. The van der Waals surface area contributed by atoms with Crippen LogP contribution in [0.5, 0.6) is 11.5 Å². The van der Waals surface area contributed by atoms with E-state index in [4.69, 9.17) is 23.7 Å². The Hall–Kier alpha value is -4.06. The predicted octanol–water partition coefficient (Wildman–Crippen LogP) is 8.77. The summed E-state index contributed by atoms with van der Waals surface area (Å²) >= 11 is 0. The maximum Gasteiger partial charge on any atom is 0.127 e. The van der Waals surface area contributed by atoms with Crippen molar-refractivity contribution in [2.75, 3.05) is 19.8 Å². The van der Waals surface area contributed by atoms with Gasteiger partial charge in [-0.15, -0.1) is 0 Å². The lowest BCUT2D eigenvalue weighted by atomic mass is 10.0. The Morgan fingerprint density at radius 2 is 1.26 bits per heavy atom. The van der Waals surface area contributed by atoms with Gasteiger partial charge in [-0.1, -0.05) is 36.9 Å². The molecule has 224 valence electrons. The van der Waals surface area contributed by atoms with Crippen LogP contribution in [0.25, 0.3) is 18.2 Å². The topological polar surface area (TPSA) is 52.8 Å². The molecule has 0 spiro atoms. The van der Waals surface area contributed by atoms with E-state index in [0.29, 0.717) is 18.5 Å². The van der Waals surface area contributed by atoms with Crippen LogP contribution in [0, 0.1) is 20.8 Å². The zero-order valence-corrected chi connectivity index (χ0v) is 25.9. The van der Waals surface area contributed by atoms with Crippen molar-refractivity contribution in [3.05, 3.63) is 123 Å². The average molecular weight is 579 g/mol. The van der Waals surface area contributed by atoms with Crippen molar-refractivity contribution in [3.8, 4) is 11.5 Å². The summed E-state index contributed by atoms with van der Waals surface area (Å²) < 4.78 is 29.0. The molecule has 0 bridgehead atoms.